The van der Waals surface area contributed by atoms with Gasteiger partial charge in [-0.1, -0.05) is 24.3 Å². The minimum absolute atomic E-state index is 0.181. The van der Waals surface area contributed by atoms with E-state index >= 15 is 0 Å². The third-order valence-electron chi connectivity index (χ3n) is 2.94. The summed E-state index contributed by atoms with van der Waals surface area (Å²) in [5.74, 6) is -0.241. The van der Waals surface area contributed by atoms with Crippen molar-refractivity contribution in [1.82, 2.24) is 15.5 Å². The molecule has 1 atom stereocenters. The average molecular weight is 279 g/mol. The third-order valence-corrected chi connectivity index (χ3v) is 4.08. The fraction of sp³-hybridized carbons (Fsp3) is 0.429. The lowest BCUT2D eigenvalue weighted by Crippen LogP contribution is -2.18. The summed E-state index contributed by atoms with van der Waals surface area (Å²) in [5, 5.41) is 13.5. The van der Waals surface area contributed by atoms with E-state index in [9.17, 15) is 4.39 Å². The Bertz CT molecular complexity index is 553. The van der Waals surface area contributed by atoms with E-state index in [1.54, 1.807) is 6.07 Å². The fourth-order valence-electron chi connectivity index (χ4n) is 1.79. The number of nitrogens with one attached hydrogen (secondary N) is 1. The van der Waals surface area contributed by atoms with Crippen molar-refractivity contribution in [3.63, 3.8) is 0 Å². The lowest BCUT2D eigenvalue weighted by atomic mass is 10.1. The zero-order valence-electron chi connectivity index (χ0n) is 11.4. The SMILES string of the molecule is CCCNC(C)c1nnc(-c2cc(F)ccc2C)s1. The van der Waals surface area contributed by atoms with Crippen molar-refractivity contribution in [3.8, 4) is 10.6 Å². The minimum Gasteiger partial charge on any atom is -0.308 e. The van der Waals surface area contributed by atoms with Crippen molar-refractivity contribution >= 4 is 11.3 Å². The number of aryl methyl sites for hydroxylation is 1. The van der Waals surface area contributed by atoms with E-state index in [2.05, 4.69) is 29.4 Å². The maximum atomic E-state index is 13.3. The highest BCUT2D eigenvalue weighted by Gasteiger charge is 2.14. The number of benzene rings is 1. The number of hydrogen-bond acceptors (Lipinski definition) is 4. The molecule has 2 aromatic rings. The quantitative estimate of drug-likeness (QED) is 0.906. The van der Waals surface area contributed by atoms with Crippen LogP contribution in [0.25, 0.3) is 10.6 Å². The molecule has 0 saturated heterocycles. The second-order valence-electron chi connectivity index (χ2n) is 4.58. The molecule has 1 aromatic carbocycles. The molecule has 3 nitrogen and oxygen atoms in total. The Hall–Kier alpha value is -1.33. The maximum Gasteiger partial charge on any atom is 0.148 e. The van der Waals surface area contributed by atoms with Crippen molar-refractivity contribution in [2.24, 2.45) is 0 Å². The second-order valence-corrected chi connectivity index (χ2v) is 5.59. The van der Waals surface area contributed by atoms with Gasteiger partial charge < -0.3 is 5.32 Å². The number of halogens is 1. The third kappa shape index (κ3) is 3.36. The molecule has 1 heterocycles. The molecular weight excluding hydrogens is 261 g/mol. The Morgan fingerprint density at radius 1 is 1.37 bits per heavy atom. The van der Waals surface area contributed by atoms with Gasteiger partial charge in [0.15, 0.2) is 0 Å². The summed E-state index contributed by atoms with van der Waals surface area (Å²) in [6.07, 6.45) is 1.08. The lowest BCUT2D eigenvalue weighted by Gasteiger charge is -2.08. The topological polar surface area (TPSA) is 37.8 Å². The first-order chi connectivity index (χ1) is 9.11. The van der Waals surface area contributed by atoms with E-state index in [0.29, 0.717) is 0 Å². The first-order valence-corrected chi connectivity index (χ1v) is 7.26. The molecule has 0 aliphatic heterocycles. The van der Waals surface area contributed by atoms with Crippen LogP contribution < -0.4 is 5.32 Å². The van der Waals surface area contributed by atoms with Gasteiger partial charge in [0.1, 0.15) is 15.8 Å². The first kappa shape index (κ1) is 14.1. The molecule has 0 saturated carbocycles. The highest BCUT2D eigenvalue weighted by Crippen LogP contribution is 2.29. The Morgan fingerprint density at radius 2 is 2.16 bits per heavy atom. The van der Waals surface area contributed by atoms with E-state index in [4.69, 9.17) is 0 Å². The largest absolute Gasteiger partial charge is 0.308 e. The van der Waals surface area contributed by atoms with Gasteiger partial charge in [-0.25, -0.2) is 4.39 Å². The Kier molecular flexibility index (Phi) is 4.61. The monoisotopic (exact) mass is 279 g/mol. The molecular formula is C14H18FN3S. The van der Waals surface area contributed by atoms with Crippen LogP contribution in [-0.2, 0) is 0 Å². The van der Waals surface area contributed by atoms with Gasteiger partial charge in [-0.3, -0.25) is 0 Å². The van der Waals surface area contributed by atoms with E-state index in [-0.39, 0.29) is 11.9 Å². The number of rotatable bonds is 5. The Labute approximate surface area is 116 Å². The van der Waals surface area contributed by atoms with Gasteiger partial charge >= 0.3 is 0 Å². The van der Waals surface area contributed by atoms with Gasteiger partial charge in [0.2, 0.25) is 0 Å². The predicted molar refractivity (Wildman–Crippen MR) is 76.7 cm³/mol. The fourth-order valence-corrected chi connectivity index (χ4v) is 2.74. The molecule has 102 valence electrons. The van der Waals surface area contributed by atoms with Gasteiger partial charge in [-0.15, -0.1) is 10.2 Å². The summed E-state index contributed by atoms with van der Waals surface area (Å²) < 4.78 is 13.3. The standard InChI is InChI=1S/C14H18FN3S/c1-4-7-16-10(3)13-17-18-14(19-13)12-8-11(15)6-5-9(12)2/h5-6,8,10,16H,4,7H2,1-3H3. The van der Waals surface area contributed by atoms with Crippen LogP contribution in [0.15, 0.2) is 18.2 Å². The van der Waals surface area contributed by atoms with Crippen LogP contribution >= 0.6 is 11.3 Å². The van der Waals surface area contributed by atoms with Gasteiger partial charge in [0, 0.05) is 5.56 Å². The van der Waals surface area contributed by atoms with Crippen molar-refractivity contribution < 1.29 is 4.39 Å². The summed E-state index contributed by atoms with van der Waals surface area (Å²) in [6.45, 7) is 7.10. The summed E-state index contributed by atoms with van der Waals surface area (Å²) in [6, 6.07) is 4.93. The molecule has 1 N–H and O–H groups in total. The van der Waals surface area contributed by atoms with Crippen molar-refractivity contribution in [1.29, 1.82) is 0 Å². The lowest BCUT2D eigenvalue weighted by molar-refractivity contribution is 0.564. The van der Waals surface area contributed by atoms with Crippen LogP contribution in [0.4, 0.5) is 4.39 Å². The van der Waals surface area contributed by atoms with Gasteiger partial charge in [0.05, 0.1) is 6.04 Å². The Morgan fingerprint density at radius 3 is 2.89 bits per heavy atom. The maximum absolute atomic E-state index is 13.3. The molecule has 1 unspecified atom stereocenters. The Balaban J connectivity index is 2.23. The molecule has 5 heteroatoms. The predicted octanol–water partition coefficient (Wildman–Crippen LogP) is 3.71. The van der Waals surface area contributed by atoms with Gasteiger partial charge in [-0.05, 0) is 44.5 Å². The average Bonchev–Trinajstić information content (AvgIpc) is 2.88. The molecule has 2 rings (SSSR count). The van der Waals surface area contributed by atoms with Crippen molar-refractivity contribution in [2.75, 3.05) is 6.54 Å². The highest BCUT2D eigenvalue weighted by molar-refractivity contribution is 7.14. The summed E-state index contributed by atoms with van der Waals surface area (Å²) in [5.41, 5.74) is 1.84. The van der Waals surface area contributed by atoms with Crippen molar-refractivity contribution in [2.45, 2.75) is 33.2 Å². The zero-order chi connectivity index (χ0) is 13.8. The van der Waals surface area contributed by atoms with Crippen LogP contribution in [0.1, 0.15) is 36.9 Å². The molecule has 0 amide bonds. The number of hydrogen-bond donors (Lipinski definition) is 1. The molecule has 0 bridgehead atoms. The molecule has 0 radical (unpaired) electrons. The molecule has 0 spiro atoms. The van der Waals surface area contributed by atoms with Gasteiger partial charge in [-0.2, -0.15) is 0 Å². The second kappa shape index (κ2) is 6.21. The number of nitrogens with zero attached hydrogens (tertiary/aromatic N) is 2. The first-order valence-electron chi connectivity index (χ1n) is 6.45. The van der Waals surface area contributed by atoms with E-state index < -0.39 is 0 Å². The van der Waals surface area contributed by atoms with E-state index in [1.807, 2.05) is 6.92 Å². The molecule has 0 fully saturated rings. The summed E-state index contributed by atoms with van der Waals surface area (Å²) >= 11 is 1.52. The zero-order valence-corrected chi connectivity index (χ0v) is 12.2. The van der Waals surface area contributed by atoms with Crippen LogP contribution in [0.3, 0.4) is 0 Å². The molecule has 1 aromatic heterocycles. The van der Waals surface area contributed by atoms with Crippen LogP contribution in [-0.4, -0.2) is 16.7 Å². The molecule has 19 heavy (non-hydrogen) atoms. The van der Waals surface area contributed by atoms with E-state index in [0.717, 1.165) is 34.1 Å². The van der Waals surface area contributed by atoms with Crippen molar-refractivity contribution in [3.05, 3.63) is 34.6 Å². The number of aromatic nitrogens is 2. The normalized spacial score (nSPS) is 12.6. The summed E-state index contributed by atoms with van der Waals surface area (Å²) in [4.78, 5) is 0. The van der Waals surface area contributed by atoms with Crippen LogP contribution in [0, 0.1) is 12.7 Å². The smallest absolute Gasteiger partial charge is 0.148 e. The van der Waals surface area contributed by atoms with E-state index in [1.165, 1.54) is 23.5 Å². The van der Waals surface area contributed by atoms with Crippen LogP contribution in [0.5, 0.6) is 0 Å². The molecule has 0 aliphatic rings. The molecule has 0 aliphatic carbocycles. The van der Waals surface area contributed by atoms with Crippen LogP contribution in [0.2, 0.25) is 0 Å². The van der Waals surface area contributed by atoms with Gasteiger partial charge in [0.25, 0.3) is 0 Å². The highest BCUT2D eigenvalue weighted by atomic mass is 32.1. The minimum atomic E-state index is -0.241. The summed E-state index contributed by atoms with van der Waals surface area (Å²) in [7, 11) is 0.